The van der Waals surface area contributed by atoms with Crippen LogP contribution < -0.4 is 14.9 Å². The zero-order valence-electron chi connectivity index (χ0n) is 10.5. The van der Waals surface area contributed by atoms with Crippen LogP contribution >= 0.6 is 15.9 Å². The van der Waals surface area contributed by atoms with E-state index in [2.05, 4.69) is 15.9 Å². The summed E-state index contributed by atoms with van der Waals surface area (Å²) in [6.45, 7) is 0.190. The second-order valence-corrected chi connectivity index (χ2v) is 4.71. The van der Waals surface area contributed by atoms with Gasteiger partial charge in [-0.15, -0.1) is 0 Å². The molecular formula is C14H13BrO5. The molecule has 0 fully saturated rings. The van der Waals surface area contributed by atoms with Crippen molar-refractivity contribution in [3.05, 3.63) is 57.1 Å². The van der Waals surface area contributed by atoms with Gasteiger partial charge in [0, 0.05) is 6.07 Å². The number of ether oxygens (including phenoxy) is 2. The Kier molecular flexibility index (Phi) is 5.20. The van der Waals surface area contributed by atoms with E-state index in [-0.39, 0.29) is 30.2 Å². The molecule has 0 saturated heterocycles. The van der Waals surface area contributed by atoms with Crippen LogP contribution in [-0.2, 0) is 6.61 Å². The zero-order valence-corrected chi connectivity index (χ0v) is 12.1. The second-order valence-electron chi connectivity index (χ2n) is 3.86. The molecule has 1 aromatic carbocycles. The van der Waals surface area contributed by atoms with E-state index in [1.807, 2.05) is 24.3 Å². The number of hydrogen-bond donors (Lipinski definition) is 1. The van der Waals surface area contributed by atoms with Gasteiger partial charge in [0.2, 0.25) is 11.2 Å². The highest BCUT2D eigenvalue weighted by Crippen LogP contribution is 2.23. The van der Waals surface area contributed by atoms with Crippen LogP contribution in [0.3, 0.4) is 0 Å². The maximum absolute atomic E-state index is 11.6. The van der Waals surface area contributed by atoms with Crippen molar-refractivity contribution in [2.24, 2.45) is 0 Å². The highest BCUT2D eigenvalue weighted by atomic mass is 79.9. The molecule has 0 aliphatic heterocycles. The lowest BCUT2D eigenvalue weighted by molar-refractivity contribution is 0.206. The third kappa shape index (κ3) is 3.85. The van der Waals surface area contributed by atoms with E-state index in [9.17, 15) is 4.79 Å². The molecule has 0 spiro atoms. The van der Waals surface area contributed by atoms with Gasteiger partial charge in [0.1, 0.15) is 37.6 Å². The van der Waals surface area contributed by atoms with Gasteiger partial charge in [0.15, 0.2) is 0 Å². The number of halogens is 1. The Labute approximate surface area is 123 Å². The molecule has 0 bridgehead atoms. The molecule has 0 amide bonds. The average molecular weight is 341 g/mol. The van der Waals surface area contributed by atoms with Gasteiger partial charge in [-0.3, -0.25) is 4.79 Å². The second kappa shape index (κ2) is 7.12. The largest absolute Gasteiger partial charge is 0.489 e. The van der Waals surface area contributed by atoms with Gasteiger partial charge in [0.05, 0.1) is 4.47 Å². The molecule has 0 radical (unpaired) electrons. The van der Waals surface area contributed by atoms with Crippen LogP contribution in [0.15, 0.2) is 50.3 Å². The maximum Gasteiger partial charge on any atom is 0.227 e. The van der Waals surface area contributed by atoms with Gasteiger partial charge in [0.25, 0.3) is 0 Å². The monoisotopic (exact) mass is 340 g/mol. The Bertz CT molecular complexity index is 623. The third-order valence-corrected chi connectivity index (χ3v) is 3.10. The predicted octanol–water partition coefficient (Wildman–Crippen LogP) is 2.35. The lowest BCUT2D eigenvalue weighted by atomic mass is 10.3. The van der Waals surface area contributed by atoms with Gasteiger partial charge in [-0.25, -0.2) is 0 Å². The lowest BCUT2D eigenvalue weighted by Crippen LogP contribution is -2.14. The first-order valence-corrected chi connectivity index (χ1v) is 6.72. The molecule has 1 heterocycles. The SMILES string of the molecule is O=c1cc(CO)occ1OCCOc1ccccc1Br. The van der Waals surface area contributed by atoms with Crippen LogP contribution in [0.1, 0.15) is 5.76 Å². The van der Waals surface area contributed by atoms with Crippen LogP contribution in [0.4, 0.5) is 0 Å². The minimum Gasteiger partial charge on any atom is -0.489 e. The molecule has 5 nitrogen and oxygen atoms in total. The summed E-state index contributed by atoms with van der Waals surface area (Å²) < 4.78 is 16.6. The van der Waals surface area contributed by atoms with Gasteiger partial charge >= 0.3 is 0 Å². The fourth-order valence-corrected chi connectivity index (χ4v) is 1.89. The first-order valence-electron chi connectivity index (χ1n) is 5.93. The minimum atomic E-state index is -0.332. The summed E-state index contributed by atoms with van der Waals surface area (Å²) in [5.74, 6) is 1.00. The summed E-state index contributed by atoms with van der Waals surface area (Å²) in [4.78, 5) is 11.6. The van der Waals surface area contributed by atoms with Crippen LogP contribution in [-0.4, -0.2) is 18.3 Å². The van der Waals surface area contributed by atoms with E-state index in [0.717, 1.165) is 4.47 Å². The fraction of sp³-hybridized carbons (Fsp3) is 0.214. The van der Waals surface area contributed by atoms with Crippen molar-refractivity contribution in [3.63, 3.8) is 0 Å². The van der Waals surface area contributed by atoms with E-state index in [0.29, 0.717) is 12.4 Å². The van der Waals surface area contributed by atoms with Crippen molar-refractivity contribution < 1.29 is 19.0 Å². The standard InChI is InChI=1S/C14H13BrO5/c15-11-3-1-2-4-13(11)18-5-6-19-14-9-20-10(8-16)7-12(14)17/h1-4,7,9,16H,5-6,8H2. The van der Waals surface area contributed by atoms with Crippen molar-refractivity contribution in [2.75, 3.05) is 13.2 Å². The Balaban J connectivity index is 1.85. The van der Waals surface area contributed by atoms with Crippen LogP contribution in [0.25, 0.3) is 0 Å². The molecule has 0 aliphatic carbocycles. The van der Waals surface area contributed by atoms with Crippen LogP contribution in [0, 0.1) is 0 Å². The summed E-state index contributed by atoms with van der Waals surface area (Å²) in [6.07, 6.45) is 1.19. The quantitative estimate of drug-likeness (QED) is 0.817. The van der Waals surface area contributed by atoms with Crippen molar-refractivity contribution in [1.29, 1.82) is 0 Å². The first kappa shape index (κ1) is 14.6. The summed E-state index contributed by atoms with van der Waals surface area (Å²) in [5.41, 5.74) is -0.332. The van der Waals surface area contributed by atoms with Gasteiger partial charge < -0.3 is 19.0 Å². The Morgan fingerprint density at radius 1 is 1.15 bits per heavy atom. The Morgan fingerprint density at radius 2 is 1.85 bits per heavy atom. The highest BCUT2D eigenvalue weighted by molar-refractivity contribution is 9.10. The van der Waals surface area contributed by atoms with Crippen molar-refractivity contribution >= 4 is 15.9 Å². The van der Waals surface area contributed by atoms with Crippen molar-refractivity contribution in [2.45, 2.75) is 6.61 Å². The molecule has 20 heavy (non-hydrogen) atoms. The number of benzene rings is 1. The topological polar surface area (TPSA) is 68.9 Å². The van der Waals surface area contributed by atoms with E-state index in [1.54, 1.807) is 0 Å². The summed E-state index contributed by atoms with van der Waals surface area (Å²) in [5, 5.41) is 8.82. The number of hydrogen-bond acceptors (Lipinski definition) is 5. The Morgan fingerprint density at radius 3 is 2.50 bits per heavy atom. The number of rotatable bonds is 6. The molecule has 2 aromatic rings. The molecule has 0 saturated carbocycles. The van der Waals surface area contributed by atoms with Gasteiger partial charge in [-0.05, 0) is 28.1 Å². The molecule has 1 N–H and O–H groups in total. The van der Waals surface area contributed by atoms with Gasteiger partial charge in [-0.2, -0.15) is 0 Å². The number of para-hydroxylation sites is 1. The minimum absolute atomic E-state index is 0.0953. The Hall–Kier alpha value is -1.79. The fourth-order valence-electron chi connectivity index (χ4n) is 1.49. The van der Waals surface area contributed by atoms with E-state index >= 15 is 0 Å². The van der Waals surface area contributed by atoms with E-state index in [4.69, 9.17) is 19.0 Å². The summed E-state index contributed by atoms with van der Waals surface area (Å²) in [6, 6.07) is 8.65. The molecule has 2 rings (SSSR count). The lowest BCUT2D eigenvalue weighted by Gasteiger charge is -2.09. The third-order valence-electron chi connectivity index (χ3n) is 2.44. The molecular weight excluding hydrogens is 328 g/mol. The molecule has 1 aromatic heterocycles. The van der Waals surface area contributed by atoms with E-state index in [1.165, 1.54) is 12.3 Å². The number of aliphatic hydroxyl groups is 1. The molecule has 6 heteroatoms. The number of aliphatic hydroxyl groups excluding tert-OH is 1. The summed E-state index contributed by atoms with van der Waals surface area (Å²) in [7, 11) is 0. The molecule has 0 atom stereocenters. The predicted molar refractivity (Wildman–Crippen MR) is 76.0 cm³/mol. The van der Waals surface area contributed by atoms with Crippen LogP contribution in [0.5, 0.6) is 11.5 Å². The molecule has 106 valence electrons. The zero-order chi connectivity index (χ0) is 14.4. The van der Waals surface area contributed by atoms with Crippen LogP contribution in [0.2, 0.25) is 0 Å². The average Bonchev–Trinajstić information content (AvgIpc) is 2.46. The highest BCUT2D eigenvalue weighted by Gasteiger charge is 2.04. The molecule has 0 unspecified atom stereocenters. The van der Waals surface area contributed by atoms with Crippen molar-refractivity contribution in [3.8, 4) is 11.5 Å². The first-order chi connectivity index (χ1) is 9.70. The van der Waals surface area contributed by atoms with E-state index < -0.39 is 0 Å². The van der Waals surface area contributed by atoms with Gasteiger partial charge in [-0.1, -0.05) is 12.1 Å². The molecule has 0 aliphatic rings. The van der Waals surface area contributed by atoms with Crippen molar-refractivity contribution in [1.82, 2.24) is 0 Å². The summed E-state index contributed by atoms with van der Waals surface area (Å²) >= 11 is 3.37. The normalized spacial score (nSPS) is 10.3. The maximum atomic E-state index is 11.6. The smallest absolute Gasteiger partial charge is 0.227 e.